The first-order chi connectivity index (χ1) is 8.81. The number of nitrogens with zero attached hydrogens (tertiary/aromatic N) is 4. The van der Waals surface area contributed by atoms with E-state index < -0.39 is 0 Å². The molecule has 0 saturated carbocycles. The van der Waals surface area contributed by atoms with Crippen LogP contribution in [0.25, 0.3) is 0 Å². The molecule has 1 amide bonds. The van der Waals surface area contributed by atoms with E-state index in [-0.39, 0.29) is 12.0 Å². The highest BCUT2D eigenvalue weighted by Gasteiger charge is 2.21. The van der Waals surface area contributed by atoms with Gasteiger partial charge in [0.15, 0.2) is 0 Å². The van der Waals surface area contributed by atoms with E-state index in [4.69, 9.17) is 4.74 Å². The topological polar surface area (TPSA) is 60.2 Å². The molecule has 0 radical (unpaired) electrons. The number of hydrogen-bond donors (Lipinski definition) is 0. The molecule has 6 nitrogen and oxygen atoms in total. The molecule has 1 aromatic rings. The fourth-order valence-corrected chi connectivity index (χ4v) is 2.56. The maximum atomic E-state index is 11.5. The van der Waals surface area contributed by atoms with E-state index in [0.29, 0.717) is 13.0 Å². The van der Waals surface area contributed by atoms with E-state index in [0.717, 1.165) is 44.7 Å². The molecule has 2 saturated heterocycles. The highest BCUT2D eigenvalue weighted by Crippen LogP contribution is 2.15. The minimum absolute atomic E-state index is 0.226. The van der Waals surface area contributed by atoms with Crippen LogP contribution in [0, 0.1) is 0 Å². The Morgan fingerprint density at radius 2 is 2.39 bits per heavy atom. The van der Waals surface area contributed by atoms with Crippen LogP contribution in [0.2, 0.25) is 0 Å². The van der Waals surface area contributed by atoms with Gasteiger partial charge in [-0.2, -0.15) is 0 Å². The minimum Gasteiger partial charge on any atom is -0.376 e. The monoisotopic (exact) mass is 250 g/mol. The second-order valence-corrected chi connectivity index (χ2v) is 4.99. The summed E-state index contributed by atoms with van der Waals surface area (Å²) in [5.74, 6) is 0.226. The summed E-state index contributed by atoms with van der Waals surface area (Å²) in [7, 11) is 0. The number of carbonyl (C=O) groups is 1. The van der Waals surface area contributed by atoms with Crippen molar-refractivity contribution >= 4 is 5.91 Å². The third-order valence-corrected chi connectivity index (χ3v) is 3.53. The van der Waals surface area contributed by atoms with Gasteiger partial charge in [0.25, 0.3) is 0 Å². The van der Waals surface area contributed by atoms with E-state index in [2.05, 4.69) is 10.3 Å². The molecule has 2 aliphatic rings. The largest absolute Gasteiger partial charge is 0.376 e. The third kappa shape index (κ3) is 2.53. The zero-order chi connectivity index (χ0) is 12.4. The fourth-order valence-electron chi connectivity index (χ4n) is 2.56. The van der Waals surface area contributed by atoms with Crippen LogP contribution in [0.1, 0.15) is 31.4 Å². The number of rotatable bonds is 4. The molecular formula is C12H18N4O2. The summed E-state index contributed by atoms with van der Waals surface area (Å²) < 4.78 is 7.39. The van der Waals surface area contributed by atoms with E-state index in [9.17, 15) is 4.79 Å². The van der Waals surface area contributed by atoms with Crippen LogP contribution >= 0.6 is 0 Å². The molecule has 0 spiro atoms. The molecule has 1 aromatic heterocycles. The summed E-state index contributed by atoms with van der Waals surface area (Å²) in [5, 5.41) is 8.22. The summed E-state index contributed by atoms with van der Waals surface area (Å²) in [6, 6.07) is 0. The summed E-state index contributed by atoms with van der Waals surface area (Å²) in [6.45, 7) is 3.05. The number of aromatic nitrogens is 3. The van der Waals surface area contributed by atoms with Crippen LogP contribution in [-0.2, 0) is 22.6 Å². The van der Waals surface area contributed by atoms with Crippen LogP contribution < -0.4 is 0 Å². The minimum atomic E-state index is 0.226. The Hall–Kier alpha value is -1.43. The lowest BCUT2D eigenvalue weighted by atomic mass is 10.2. The Balaban J connectivity index is 1.57. The van der Waals surface area contributed by atoms with Gasteiger partial charge in [0.2, 0.25) is 5.91 Å². The molecular weight excluding hydrogens is 232 g/mol. The Morgan fingerprint density at radius 1 is 1.44 bits per heavy atom. The van der Waals surface area contributed by atoms with Crippen molar-refractivity contribution in [3.05, 3.63) is 11.9 Å². The van der Waals surface area contributed by atoms with Crippen LogP contribution in [0.3, 0.4) is 0 Å². The quantitative estimate of drug-likeness (QED) is 0.784. The van der Waals surface area contributed by atoms with Crippen LogP contribution in [0.5, 0.6) is 0 Å². The van der Waals surface area contributed by atoms with Gasteiger partial charge in [-0.3, -0.25) is 4.79 Å². The molecule has 0 aliphatic carbocycles. The molecule has 0 aromatic carbocycles. The molecule has 3 heterocycles. The second-order valence-electron chi connectivity index (χ2n) is 4.99. The lowest BCUT2D eigenvalue weighted by Crippen LogP contribution is -2.24. The highest BCUT2D eigenvalue weighted by molar-refractivity contribution is 5.77. The first kappa shape index (κ1) is 11.6. The normalized spacial score (nSPS) is 24.1. The zero-order valence-electron chi connectivity index (χ0n) is 10.4. The third-order valence-electron chi connectivity index (χ3n) is 3.53. The average Bonchev–Trinajstić information content (AvgIpc) is 3.06. The number of likely N-dealkylation sites (tertiary alicyclic amines) is 1. The van der Waals surface area contributed by atoms with Crippen molar-refractivity contribution in [1.29, 1.82) is 0 Å². The molecule has 0 bridgehead atoms. The van der Waals surface area contributed by atoms with E-state index in [1.807, 2.05) is 15.8 Å². The molecule has 18 heavy (non-hydrogen) atoms. The van der Waals surface area contributed by atoms with Gasteiger partial charge in [-0.15, -0.1) is 5.10 Å². The molecule has 98 valence electrons. The Bertz CT molecular complexity index is 425. The second kappa shape index (κ2) is 5.06. The number of hydrogen-bond acceptors (Lipinski definition) is 4. The summed E-state index contributed by atoms with van der Waals surface area (Å²) in [6.07, 6.45) is 6.06. The van der Waals surface area contributed by atoms with Crippen molar-refractivity contribution in [3.63, 3.8) is 0 Å². The average molecular weight is 250 g/mol. The van der Waals surface area contributed by atoms with Crippen LogP contribution in [0.4, 0.5) is 0 Å². The summed E-state index contributed by atoms with van der Waals surface area (Å²) in [5.41, 5.74) is 0.864. The number of carbonyl (C=O) groups excluding carboxylic acids is 1. The maximum absolute atomic E-state index is 11.5. The Labute approximate surface area is 106 Å². The van der Waals surface area contributed by atoms with Crippen molar-refractivity contribution < 1.29 is 9.53 Å². The standard InChI is InChI=1S/C12H18N4O2/c17-12-4-1-5-15(12)7-10-8-16(14-13-10)9-11-3-2-6-18-11/h8,11H,1-7,9H2. The zero-order valence-corrected chi connectivity index (χ0v) is 10.4. The van der Waals surface area contributed by atoms with E-state index in [1.165, 1.54) is 0 Å². The Kier molecular flexibility index (Phi) is 3.27. The lowest BCUT2D eigenvalue weighted by Gasteiger charge is -2.12. The van der Waals surface area contributed by atoms with Gasteiger partial charge in [0.1, 0.15) is 5.69 Å². The molecule has 0 N–H and O–H groups in total. The van der Waals surface area contributed by atoms with Gasteiger partial charge in [-0.1, -0.05) is 5.21 Å². The number of amides is 1. The van der Waals surface area contributed by atoms with Crippen LogP contribution in [0.15, 0.2) is 6.20 Å². The van der Waals surface area contributed by atoms with Gasteiger partial charge < -0.3 is 9.64 Å². The maximum Gasteiger partial charge on any atom is 0.222 e. The predicted octanol–water partition coefficient (Wildman–Crippen LogP) is 0.579. The summed E-state index contributed by atoms with van der Waals surface area (Å²) >= 11 is 0. The van der Waals surface area contributed by atoms with E-state index in [1.54, 1.807) is 0 Å². The first-order valence-corrected chi connectivity index (χ1v) is 6.59. The Morgan fingerprint density at radius 3 is 3.11 bits per heavy atom. The predicted molar refractivity (Wildman–Crippen MR) is 63.6 cm³/mol. The van der Waals surface area contributed by atoms with Gasteiger partial charge in [-0.05, 0) is 19.3 Å². The van der Waals surface area contributed by atoms with Crippen molar-refractivity contribution in [2.24, 2.45) is 0 Å². The molecule has 2 aliphatic heterocycles. The molecule has 1 unspecified atom stereocenters. The van der Waals surface area contributed by atoms with Gasteiger partial charge in [0.05, 0.1) is 25.4 Å². The highest BCUT2D eigenvalue weighted by atomic mass is 16.5. The lowest BCUT2D eigenvalue weighted by molar-refractivity contribution is -0.128. The number of ether oxygens (including phenoxy) is 1. The molecule has 6 heteroatoms. The molecule has 1 atom stereocenters. The van der Waals surface area contributed by atoms with Gasteiger partial charge >= 0.3 is 0 Å². The van der Waals surface area contributed by atoms with Gasteiger partial charge in [-0.25, -0.2) is 4.68 Å². The van der Waals surface area contributed by atoms with Crippen LogP contribution in [-0.4, -0.2) is 45.1 Å². The smallest absolute Gasteiger partial charge is 0.222 e. The molecule has 3 rings (SSSR count). The fraction of sp³-hybridized carbons (Fsp3) is 0.750. The first-order valence-electron chi connectivity index (χ1n) is 6.59. The summed E-state index contributed by atoms with van der Waals surface area (Å²) in [4.78, 5) is 13.4. The van der Waals surface area contributed by atoms with E-state index >= 15 is 0 Å². The van der Waals surface area contributed by atoms with Crippen molar-refractivity contribution in [1.82, 2.24) is 19.9 Å². The SMILES string of the molecule is O=C1CCCN1Cc1cn(CC2CCCO2)nn1. The van der Waals surface area contributed by atoms with Crippen molar-refractivity contribution in [3.8, 4) is 0 Å². The van der Waals surface area contributed by atoms with Gasteiger partial charge in [0, 0.05) is 19.6 Å². The van der Waals surface area contributed by atoms with Crippen molar-refractivity contribution in [2.45, 2.75) is 44.9 Å². The molecule has 2 fully saturated rings. The van der Waals surface area contributed by atoms with Crippen molar-refractivity contribution in [2.75, 3.05) is 13.2 Å².